The van der Waals surface area contributed by atoms with Gasteiger partial charge in [-0.15, -0.1) is 0 Å². The summed E-state index contributed by atoms with van der Waals surface area (Å²) in [6.07, 6.45) is 4.25. The van der Waals surface area contributed by atoms with Crippen molar-refractivity contribution >= 4 is 5.97 Å². The van der Waals surface area contributed by atoms with E-state index >= 15 is 0 Å². The summed E-state index contributed by atoms with van der Waals surface area (Å²) in [6, 6.07) is 12.4. The second kappa shape index (κ2) is 6.66. The number of benzene rings is 1. The van der Waals surface area contributed by atoms with Crippen molar-refractivity contribution in [3.05, 3.63) is 66.0 Å². The monoisotopic (exact) mass is 256 g/mol. The number of carboxylic acids is 1. The Labute approximate surface area is 112 Å². The first-order chi connectivity index (χ1) is 9.27. The molecule has 0 aliphatic rings. The van der Waals surface area contributed by atoms with Gasteiger partial charge in [0.1, 0.15) is 6.04 Å². The molecular weight excluding hydrogens is 240 g/mol. The number of nitrogens with one attached hydrogen (secondary N) is 1. The summed E-state index contributed by atoms with van der Waals surface area (Å²) in [7, 11) is 0. The highest BCUT2D eigenvalue weighted by molar-refractivity contribution is 5.75. The molecule has 1 unspecified atom stereocenters. The number of pyridine rings is 1. The Morgan fingerprint density at radius 2 is 1.84 bits per heavy atom. The molecule has 0 spiro atoms. The molecule has 2 rings (SSSR count). The van der Waals surface area contributed by atoms with Crippen molar-refractivity contribution in [2.45, 2.75) is 12.5 Å². The van der Waals surface area contributed by atoms with E-state index in [0.29, 0.717) is 6.54 Å². The summed E-state index contributed by atoms with van der Waals surface area (Å²) in [6.45, 7) is 0.607. The van der Waals surface area contributed by atoms with Crippen molar-refractivity contribution < 1.29 is 9.90 Å². The van der Waals surface area contributed by atoms with Gasteiger partial charge in [0.25, 0.3) is 0 Å². The van der Waals surface area contributed by atoms with Crippen LogP contribution in [0.3, 0.4) is 0 Å². The molecule has 4 heteroatoms. The zero-order valence-corrected chi connectivity index (χ0v) is 10.5. The molecule has 1 aromatic heterocycles. The number of aromatic nitrogens is 1. The van der Waals surface area contributed by atoms with Crippen molar-refractivity contribution in [1.29, 1.82) is 0 Å². The van der Waals surface area contributed by atoms with Crippen molar-refractivity contribution in [2.24, 2.45) is 0 Å². The molecule has 2 N–H and O–H groups in total. The minimum atomic E-state index is -0.860. The van der Waals surface area contributed by atoms with Crippen molar-refractivity contribution in [3.8, 4) is 0 Å². The SMILES string of the molecule is O=C(O)C(NCCc1ccncc1)c1ccccc1. The predicted octanol–water partition coefficient (Wildman–Crippen LogP) is 2.04. The van der Waals surface area contributed by atoms with Crippen LogP contribution in [0.5, 0.6) is 0 Å². The lowest BCUT2D eigenvalue weighted by atomic mass is 10.1. The van der Waals surface area contributed by atoms with Crippen LogP contribution in [0.15, 0.2) is 54.9 Å². The lowest BCUT2D eigenvalue weighted by Gasteiger charge is -2.14. The van der Waals surface area contributed by atoms with Gasteiger partial charge in [-0.1, -0.05) is 30.3 Å². The van der Waals surface area contributed by atoms with Crippen LogP contribution < -0.4 is 5.32 Å². The second-order valence-corrected chi connectivity index (χ2v) is 4.24. The topological polar surface area (TPSA) is 62.2 Å². The molecule has 1 atom stereocenters. The van der Waals surface area contributed by atoms with E-state index in [4.69, 9.17) is 0 Å². The maximum absolute atomic E-state index is 11.3. The molecule has 0 bridgehead atoms. The van der Waals surface area contributed by atoms with Crippen LogP contribution in [0.4, 0.5) is 0 Å². The van der Waals surface area contributed by atoms with Gasteiger partial charge in [0.2, 0.25) is 0 Å². The van der Waals surface area contributed by atoms with E-state index in [2.05, 4.69) is 10.3 Å². The highest BCUT2D eigenvalue weighted by atomic mass is 16.4. The number of hydrogen-bond acceptors (Lipinski definition) is 3. The summed E-state index contributed by atoms with van der Waals surface area (Å²) in [4.78, 5) is 15.2. The van der Waals surface area contributed by atoms with Crippen LogP contribution in [-0.4, -0.2) is 22.6 Å². The average molecular weight is 256 g/mol. The Morgan fingerprint density at radius 1 is 1.16 bits per heavy atom. The van der Waals surface area contributed by atoms with Gasteiger partial charge in [-0.2, -0.15) is 0 Å². The van der Waals surface area contributed by atoms with E-state index < -0.39 is 12.0 Å². The molecule has 0 radical (unpaired) electrons. The Hall–Kier alpha value is -2.20. The minimum Gasteiger partial charge on any atom is -0.480 e. The smallest absolute Gasteiger partial charge is 0.325 e. The Kier molecular flexibility index (Phi) is 4.64. The van der Waals surface area contributed by atoms with Gasteiger partial charge >= 0.3 is 5.97 Å². The highest BCUT2D eigenvalue weighted by Gasteiger charge is 2.18. The highest BCUT2D eigenvalue weighted by Crippen LogP contribution is 2.12. The molecule has 0 aliphatic heterocycles. The third kappa shape index (κ3) is 3.89. The first-order valence-corrected chi connectivity index (χ1v) is 6.17. The van der Waals surface area contributed by atoms with Gasteiger partial charge in [0.05, 0.1) is 0 Å². The van der Waals surface area contributed by atoms with Crippen molar-refractivity contribution in [3.63, 3.8) is 0 Å². The van der Waals surface area contributed by atoms with E-state index in [9.17, 15) is 9.90 Å². The molecule has 0 saturated heterocycles. The Bertz CT molecular complexity index is 514. The summed E-state index contributed by atoms with van der Waals surface area (Å²) in [5.74, 6) is -0.860. The molecule has 0 amide bonds. The van der Waals surface area contributed by atoms with Crippen LogP contribution in [0.25, 0.3) is 0 Å². The zero-order valence-electron chi connectivity index (χ0n) is 10.5. The van der Waals surface area contributed by atoms with Gasteiger partial charge in [-0.05, 0) is 29.7 Å². The third-order valence-corrected chi connectivity index (χ3v) is 2.89. The quantitative estimate of drug-likeness (QED) is 0.830. The largest absolute Gasteiger partial charge is 0.480 e. The number of hydrogen-bond donors (Lipinski definition) is 2. The molecule has 0 fully saturated rings. The second-order valence-electron chi connectivity index (χ2n) is 4.24. The van der Waals surface area contributed by atoms with Crippen molar-refractivity contribution in [1.82, 2.24) is 10.3 Å². The number of nitrogens with zero attached hydrogens (tertiary/aromatic N) is 1. The first kappa shape index (κ1) is 13.2. The summed E-state index contributed by atoms with van der Waals surface area (Å²) < 4.78 is 0. The molecule has 19 heavy (non-hydrogen) atoms. The van der Waals surface area contributed by atoms with Gasteiger partial charge in [0, 0.05) is 18.9 Å². The molecule has 4 nitrogen and oxygen atoms in total. The molecule has 98 valence electrons. The molecule has 0 saturated carbocycles. The molecule has 1 aromatic carbocycles. The fraction of sp³-hybridized carbons (Fsp3) is 0.200. The lowest BCUT2D eigenvalue weighted by Crippen LogP contribution is -2.30. The van der Waals surface area contributed by atoms with Crippen molar-refractivity contribution in [2.75, 3.05) is 6.54 Å². The normalized spacial score (nSPS) is 12.0. The van der Waals surface area contributed by atoms with E-state index in [-0.39, 0.29) is 0 Å². The number of rotatable bonds is 6. The van der Waals surface area contributed by atoms with Gasteiger partial charge in [-0.25, -0.2) is 0 Å². The maximum Gasteiger partial charge on any atom is 0.325 e. The molecular formula is C15H16N2O2. The summed E-state index contributed by atoms with van der Waals surface area (Å²) >= 11 is 0. The minimum absolute atomic E-state index is 0.607. The van der Waals surface area contributed by atoms with Gasteiger partial charge < -0.3 is 10.4 Å². The van der Waals surface area contributed by atoms with Crippen LogP contribution >= 0.6 is 0 Å². The van der Waals surface area contributed by atoms with Gasteiger partial charge in [-0.3, -0.25) is 9.78 Å². The van der Waals surface area contributed by atoms with Crippen LogP contribution in [0, 0.1) is 0 Å². The van der Waals surface area contributed by atoms with Crippen LogP contribution in [0.1, 0.15) is 17.2 Å². The summed E-state index contributed by atoms with van der Waals surface area (Å²) in [5.41, 5.74) is 1.91. The van der Waals surface area contributed by atoms with E-state index in [0.717, 1.165) is 17.5 Å². The number of carboxylic acid groups (broad SMARTS) is 1. The van der Waals surface area contributed by atoms with Gasteiger partial charge in [0.15, 0.2) is 0 Å². The molecule has 2 aromatic rings. The fourth-order valence-electron chi connectivity index (χ4n) is 1.90. The van der Waals surface area contributed by atoms with E-state index in [1.165, 1.54) is 0 Å². The predicted molar refractivity (Wildman–Crippen MR) is 72.8 cm³/mol. The first-order valence-electron chi connectivity index (χ1n) is 6.17. The Balaban J connectivity index is 1.94. The average Bonchev–Trinajstić information content (AvgIpc) is 2.45. The standard InChI is InChI=1S/C15H16N2O2/c18-15(19)14(13-4-2-1-3-5-13)17-11-8-12-6-9-16-10-7-12/h1-7,9-10,14,17H,8,11H2,(H,18,19). The van der Waals surface area contributed by atoms with Crippen LogP contribution in [0.2, 0.25) is 0 Å². The Morgan fingerprint density at radius 3 is 2.47 bits per heavy atom. The zero-order chi connectivity index (χ0) is 13.5. The fourth-order valence-corrected chi connectivity index (χ4v) is 1.90. The number of aliphatic carboxylic acids is 1. The third-order valence-electron chi connectivity index (χ3n) is 2.89. The molecule has 0 aliphatic carbocycles. The summed E-state index contributed by atoms with van der Waals surface area (Å²) in [5, 5.41) is 12.3. The maximum atomic E-state index is 11.3. The number of carbonyl (C=O) groups is 1. The molecule has 1 heterocycles. The van der Waals surface area contributed by atoms with E-state index in [1.807, 2.05) is 42.5 Å². The lowest BCUT2D eigenvalue weighted by molar-refractivity contribution is -0.139. The van der Waals surface area contributed by atoms with Crippen LogP contribution in [-0.2, 0) is 11.2 Å². The van der Waals surface area contributed by atoms with E-state index in [1.54, 1.807) is 12.4 Å².